The summed E-state index contributed by atoms with van der Waals surface area (Å²) in [6.45, 7) is 0.400. The summed E-state index contributed by atoms with van der Waals surface area (Å²) < 4.78 is 5.17. The molecule has 0 spiro atoms. The molecule has 0 amide bonds. The second kappa shape index (κ2) is 4.84. The monoisotopic (exact) mass is 229 g/mol. The van der Waals surface area contributed by atoms with Crippen LogP contribution in [0.15, 0.2) is 36.4 Å². The van der Waals surface area contributed by atoms with Gasteiger partial charge in [0.05, 0.1) is 12.8 Å². The molecule has 0 radical (unpaired) electrons. The zero-order chi connectivity index (χ0) is 12.3. The Morgan fingerprint density at radius 2 is 2.06 bits per heavy atom. The fourth-order valence-electron chi connectivity index (χ4n) is 1.62. The van der Waals surface area contributed by atoms with E-state index in [9.17, 15) is 0 Å². The van der Waals surface area contributed by atoms with Gasteiger partial charge in [-0.3, -0.25) is 0 Å². The Kier molecular flexibility index (Phi) is 3.25. The molecule has 1 aromatic heterocycles. The smallest absolute Gasteiger partial charge is 0.128 e. The van der Waals surface area contributed by atoms with Gasteiger partial charge in [-0.1, -0.05) is 18.2 Å². The van der Waals surface area contributed by atoms with E-state index in [1.54, 1.807) is 7.11 Å². The molecule has 4 heteroatoms. The zero-order valence-corrected chi connectivity index (χ0v) is 9.68. The molecule has 88 valence electrons. The van der Waals surface area contributed by atoms with E-state index in [0.717, 1.165) is 22.6 Å². The number of nitrogens with zero attached hydrogens (tertiary/aromatic N) is 1. The summed E-state index contributed by atoms with van der Waals surface area (Å²) in [5.74, 6) is 1.28. The van der Waals surface area contributed by atoms with Crippen LogP contribution in [0, 0.1) is 0 Å². The molecule has 0 unspecified atom stereocenters. The van der Waals surface area contributed by atoms with E-state index >= 15 is 0 Å². The van der Waals surface area contributed by atoms with E-state index in [4.69, 9.17) is 16.2 Å². The summed E-state index contributed by atoms with van der Waals surface area (Å²) in [7, 11) is 1.64. The largest absolute Gasteiger partial charge is 0.497 e. The first-order valence-electron chi connectivity index (χ1n) is 5.34. The van der Waals surface area contributed by atoms with Crippen LogP contribution in [-0.2, 0) is 6.54 Å². The molecule has 2 aromatic rings. The highest BCUT2D eigenvalue weighted by atomic mass is 16.5. The fourth-order valence-corrected chi connectivity index (χ4v) is 1.62. The van der Waals surface area contributed by atoms with Gasteiger partial charge >= 0.3 is 0 Å². The molecule has 17 heavy (non-hydrogen) atoms. The Morgan fingerprint density at radius 3 is 2.71 bits per heavy atom. The predicted molar refractivity (Wildman–Crippen MR) is 68.5 cm³/mol. The van der Waals surface area contributed by atoms with Crippen LogP contribution in [0.4, 0.5) is 5.82 Å². The van der Waals surface area contributed by atoms with Crippen LogP contribution in [0.3, 0.4) is 0 Å². The number of hydrogen-bond donors (Lipinski definition) is 2. The third-order valence-corrected chi connectivity index (χ3v) is 2.60. The molecule has 0 aliphatic carbocycles. The molecular weight excluding hydrogens is 214 g/mol. The molecule has 0 fully saturated rings. The van der Waals surface area contributed by atoms with Gasteiger partial charge in [0, 0.05) is 17.7 Å². The summed E-state index contributed by atoms with van der Waals surface area (Å²) in [5, 5.41) is 0. The number of nitrogens with two attached hydrogens (primary N) is 2. The first-order chi connectivity index (χ1) is 8.24. The summed E-state index contributed by atoms with van der Waals surface area (Å²) >= 11 is 0. The van der Waals surface area contributed by atoms with Gasteiger partial charge < -0.3 is 16.2 Å². The van der Waals surface area contributed by atoms with Crippen molar-refractivity contribution in [1.29, 1.82) is 0 Å². The first-order valence-corrected chi connectivity index (χ1v) is 5.34. The molecular formula is C13H15N3O. The quantitative estimate of drug-likeness (QED) is 0.841. The van der Waals surface area contributed by atoms with Crippen LogP contribution < -0.4 is 16.2 Å². The van der Waals surface area contributed by atoms with Crippen LogP contribution in [0.1, 0.15) is 5.56 Å². The number of nitrogen functional groups attached to an aromatic ring is 1. The lowest BCUT2D eigenvalue weighted by atomic mass is 10.1. The van der Waals surface area contributed by atoms with E-state index in [-0.39, 0.29) is 0 Å². The van der Waals surface area contributed by atoms with Crippen molar-refractivity contribution in [1.82, 2.24) is 4.98 Å². The number of ether oxygens (including phenoxy) is 1. The second-order valence-electron chi connectivity index (χ2n) is 3.68. The Morgan fingerprint density at radius 1 is 1.24 bits per heavy atom. The summed E-state index contributed by atoms with van der Waals surface area (Å²) in [6.07, 6.45) is 0. The maximum Gasteiger partial charge on any atom is 0.128 e. The Balaban J connectivity index is 2.42. The molecule has 0 aliphatic rings. The molecule has 0 saturated heterocycles. The van der Waals surface area contributed by atoms with Crippen molar-refractivity contribution >= 4 is 5.82 Å². The van der Waals surface area contributed by atoms with Crippen molar-refractivity contribution in [2.45, 2.75) is 6.54 Å². The molecule has 2 rings (SSSR count). The van der Waals surface area contributed by atoms with Crippen LogP contribution in [-0.4, -0.2) is 12.1 Å². The molecule has 0 saturated carbocycles. The van der Waals surface area contributed by atoms with E-state index < -0.39 is 0 Å². The predicted octanol–water partition coefficient (Wildman–Crippen LogP) is 1.80. The third kappa shape index (κ3) is 2.37. The summed E-state index contributed by atoms with van der Waals surface area (Å²) in [4.78, 5) is 4.33. The number of anilines is 1. The third-order valence-electron chi connectivity index (χ3n) is 2.60. The molecule has 0 aliphatic heterocycles. The number of aromatic nitrogens is 1. The van der Waals surface area contributed by atoms with Crippen molar-refractivity contribution in [2.75, 3.05) is 12.8 Å². The van der Waals surface area contributed by atoms with Gasteiger partial charge in [0.15, 0.2) is 0 Å². The minimum atomic E-state index is 0.400. The van der Waals surface area contributed by atoms with Crippen molar-refractivity contribution in [3.63, 3.8) is 0 Å². The average molecular weight is 229 g/mol. The van der Waals surface area contributed by atoms with Gasteiger partial charge in [0.1, 0.15) is 11.6 Å². The SMILES string of the molecule is COc1cccc(-c2ccc(CN)c(N)n2)c1. The lowest BCUT2D eigenvalue weighted by Crippen LogP contribution is -2.04. The van der Waals surface area contributed by atoms with Crippen molar-refractivity contribution in [3.05, 3.63) is 42.0 Å². The van der Waals surface area contributed by atoms with Crippen LogP contribution >= 0.6 is 0 Å². The molecule has 1 aromatic carbocycles. The number of methoxy groups -OCH3 is 1. The van der Waals surface area contributed by atoms with Crippen molar-refractivity contribution < 1.29 is 4.74 Å². The summed E-state index contributed by atoms with van der Waals surface area (Å²) in [5.41, 5.74) is 14.0. The Bertz CT molecular complexity index is 526. The van der Waals surface area contributed by atoms with Gasteiger partial charge in [-0.2, -0.15) is 0 Å². The standard InChI is InChI=1S/C13H15N3O/c1-17-11-4-2-3-9(7-11)12-6-5-10(8-14)13(15)16-12/h2-7H,8,14H2,1H3,(H2,15,16). The van der Waals surface area contributed by atoms with Gasteiger partial charge in [0.2, 0.25) is 0 Å². The van der Waals surface area contributed by atoms with E-state index in [2.05, 4.69) is 4.98 Å². The number of hydrogen-bond acceptors (Lipinski definition) is 4. The van der Waals surface area contributed by atoms with Crippen LogP contribution in [0.25, 0.3) is 11.3 Å². The van der Waals surface area contributed by atoms with Gasteiger partial charge in [-0.15, -0.1) is 0 Å². The molecule has 4 N–H and O–H groups in total. The highest BCUT2D eigenvalue weighted by Crippen LogP contribution is 2.23. The van der Waals surface area contributed by atoms with Crippen LogP contribution in [0.5, 0.6) is 5.75 Å². The number of benzene rings is 1. The highest BCUT2D eigenvalue weighted by Gasteiger charge is 2.04. The van der Waals surface area contributed by atoms with Gasteiger partial charge in [-0.05, 0) is 18.2 Å². The van der Waals surface area contributed by atoms with Crippen LogP contribution in [0.2, 0.25) is 0 Å². The minimum absolute atomic E-state index is 0.400. The van der Waals surface area contributed by atoms with Gasteiger partial charge in [-0.25, -0.2) is 4.98 Å². The van der Waals surface area contributed by atoms with E-state index in [1.165, 1.54) is 0 Å². The maximum absolute atomic E-state index is 5.82. The molecule has 0 bridgehead atoms. The highest BCUT2D eigenvalue weighted by molar-refractivity contribution is 5.63. The minimum Gasteiger partial charge on any atom is -0.497 e. The fraction of sp³-hybridized carbons (Fsp3) is 0.154. The number of rotatable bonds is 3. The van der Waals surface area contributed by atoms with Crippen molar-refractivity contribution in [3.8, 4) is 17.0 Å². The average Bonchev–Trinajstić information content (AvgIpc) is 2.38. The normalized spacial score (nSPS) is 10.2. The van der Waals surface area contributed by atoms with Crippen molar-refractivity contribution in [2.24, 2.45) is 5.73 Å². The second-order valence-corrected chi connectivity index (χ2v) is 3.68. The number of pyridine rings is 1. The Labute approximate surface area is 100 Å². The van der Waals surface area contributed by atoms with E-state index in [0.29, 0.717) is 12.4 Å². The van der Waals surface area contributed by atoms with E-state index in [1.807, 2.05) is 36.4 Å². The molecule has 1 heterocycles. The lowest BCUT2D eigenvalue weighted by Gasteiger charge is -2.07. The topological polar surface area (TPSA) is 74.2 Å². The first kappa shape index (κ1) is 11.4. The lowest BCUT2D eigenvalue weighted by molar-refractivity contribution is 0.415. The summed E-state index contributed by atoms with van der Waals surface area (Å²) in [6, 6.07) is 11.5. The zero-order valence-electron chi connectivity index (χ0n) is 9.68. The van der Waals surface area contributed by atoms with Gasteiger partial charge in [0.25, 0.3) is 0 Å². The molecule has 4 nitrogen and oxygen atoms in total. The molecule has 0 atom stereocenters. The maximum atomic E-state index is 5.82. The Hall–Kier alpha value is -2.07.